The maximum Gasteiger partial charge on any atom is 0.187 e. The largest absolute Gasteiger partial charge is 0.387 e. The summed E-state index contributed by atoms with van der Waals surface area (Å²) in [6.07, 6.45) is -35.1. The smallest absolute Gasteiger partial charge is 0.187 e. The van der Waals surface area contributed by atoms with Gasteiger partial charge in [0.2, 0.25) is 0 Å². The second kappa shape index (κ2) is 42.2. The Morgan fingerprint density at radius 1 is 0.182 bits per heavy atom. The predicted molar refractivity (Wildman–Crippen MR) is 332 cm³/mol. The summed E-state index contributed by atoms with van der Waals surface area (Å²) in [7, 11) is 31.2. The van der Waals surface area contributed by atoms with Crippen LogP contribution in [0.4, 0.5) is 0 Å². The Kier molecular flexibility index (Phi) is 36.1. The summed E-state index contributed by atoms with van der Waals surface area (Å²) in [4.78, 5) is 0. The van der Waals surface area contributed by atoms with Crippen LogP contribution in [0.5, 0.6) is 0 Å². The molecule has 0 aromatic heterocycles. The monoisotopic (exact) mass is 1450 g/mol. The lowest BCUT2D eigenvalue weighted by Gasteiger charge is -2.52. The van der Waals surface area contributed by atoms with Crippen LogP contribution >= 0.6 is 0 Å². The molecule has 7 heterocycles. The lowest BCUT2D eigenvalue weighted by Crippen LogP contribution is -2.69. The van der Waals surface area contributed by atoms with Crippen LogP contribution in [0, 0.1) is 0 Å². The normalized spacial score (nSPS) is 44.7. The van der Waals surface area contributed by atoms with Crippen molar-refractivity contribution in [2.75, 3.05) is 196 Å². The molecule has 0 spiro atoms. The van der Waals surface area contributed by atoms with E-state index in [1.54, 1.807) is 0 Å². The zero-order valence-corrected chi connectivity index (χ0v) is 60.9. The molecule has 35 atom stereocenters. The van der Waals surface area contributed by atoms with E-state index in [9.17, 15) is 10.2 Å². The van der Waals surface area contributed by atoms with Crippen molar-refractivity contribution >= 4 is 0 Å². The van der Waals surface area contributed by atoms with Crippen LogP contribution in [0.2, 0.25) is 0 Å². The molecule has 0 unspecified atom stereocenters. The van der Waals surface area contributed by atoms with Gasteiger partial charge in [0.15, 0.2) is 44.0 Å². The summed E-state index contributed by atoms with van der Waals surface area (Å²) in [6, 6.07) is 0. The van der Waals surface area contributed by atoms with E-state index in [4.69, 9.17) is 161 Å². The van der Waals surface area contributed by atoms with Crippen LogP contribution in [0.15, 0.2) is 0 Å². The molecule has 0 aliphatic carbocycles. The molecule has 7 rings (SSSR count). The summed E-state index contributed by atoms with van der Waals surface area (Å²) >= 11 is 0. The third-order valence-electron chi connectivity index (χ3n) is 19.1. The van der Waals surface area contributed by atoms with Gasteiger partial charge in [0, 0.05) is 149 Å². The van der Waals surface area contributed by atoms with Gasteiger partial charge in [-0.15, -0.1) is 0 Å². The molecule has 0 aromatic rings. The summed E-state index contributed by atoms with van der Waals surface area (Å²) in [5.74, 6) is 0. The molecule has 7 aliphatic heterocycles. The van der Waals surface area contributed by atoms with Gasteiger partial charge < -0.3 is 171 Å². The van der Waals surface area contributed by atoms with Crippen LogP contribution in [-0.4, -0.2) is 421 Å². The zero-order valence-electron chi connectivity index (χ0n) is 60.9. The molecule has 0 aromatic carbocycles. The number of rotatable bonds is 40. The molecule has 2 N–H and O–H groups in total. The predicted octanol–water partition coefficient (Wildman–Crippen LogP) is -2.54. The molecule has 0 bridgehead atoms. The van der Waals surface area contributed by atoms with Crippen LogP contribution in [-0.2, 0) is 161 Å². The highest BCUT2D eigenvalue weighted by atomic mass is 16.8. The standard InChI is InChI=1S/C63H114O36/c1-66-22-29-36(64)43(73-8)51(81-16)58(88-29)95-38-31(24-68-3)90-60(53(83-18)45(38)75-10)97-40-33(26-70-5)92-62(55(85-20)47(40)77-12)99-42-35(28-72-7)93-63(56(86-21)49(42)79-14)98-41-34(27-71-6)91-61(54(84-19)48(41)78-13)96-39-32(25-69-4)89-59(52(82-17)46(39)76-11)94-37-30(23-67-2)87-57(65)50(80-15)44(37)74-9/h29-65H,22-28H2,1-21H3/t29-,30-,31-,32-,33-,34-,35-,36-,37-,38-,39-,40-,41-,42-,43+,44+,45+,46+,47+,48+,49+,50-,51-,52-,53-,54-,55-,56-,57+,58-,59-,60-,61-,62-,63-/m1/s1. The highest BCUT2D eigenvalue weighted by molar-refractivity contribution is 5.03. The Balaban J connectivity index is 1.10. The molecule has 36 nitrogen and oxygen atoms in total. The van der Waals surface area contributed by atoms with Gasteiger partial charge in [-0.05, 0) is 0 Å². The topological polar surface area (TPSA) is 354 Å². The van der Waals surface area contributed by atoms with E-state index >= 15 is 0 Å². The number of methoxy groups -OCH3 is 21. The van der Waals surface area contributed by atoms with Gasteiger partial charge in [-0.2, -0.15) is 0 Å². The van der Waals surface area contributed by atoms with Crippen molar-refractivity contribution in [1.82, 2.24) is 0 Å². The van der Waals surface area contributed by atoms with Gasteiger partial charge in [-0.3, -0.25) is 0 Å². The lowest BCUT2D eigenvalue weighted by molar-refractivity contribution is -0.404. The van der Waals surface area contributed by atoms with E-state index < -0.39 is 215 Å². The van der Waals surface area contributed by atoms with Crippen molar-refractivity contribution in [2.24, 2.45) is 0 Å². The van der Waals surface area contributed by atoms with Crippen molar-refractivity contribution < 1.29 is 171 Å². The first kappa shape index (κ1) is 84.8. The Morgan fingerprint density at radius 3 is 0.535 bits per heavy atom. The number of hydrogen-bond acceptors (Lipinski definition) is 36. The second-order valence-corrected chi connectivity index (χ2v) is 24.4. The first-order chi connectivity index (χ1) is 48.0. The molecule has 7 aliphatic rings. The molecule has 0 amide bonds. The number of ether oxygens (including phenoxy) is 34. The average Bonchev–Trinajstić information content (AvgIpc) is 0.777. The first-order valence-electron chi connectivity index (χ1n) is 32.7. The lowest BCUT2D eigenvalue weighted by atomic mass is 9.94. The Morgan fingerprint density at radius 2 is 0.343 bits per heavy atom. The van der Waals surface area contributed by atoms with Crippen LogP contribution in [0.25, 0.3) is 0 Å². The third-order valence-corrected chi connectivity index (χ3v) is 19.1. The van der Waals surface area contributed by atoms with Gasteiger partial charge in [-0.25, -0.2) is 0 Å². The number of hydrogen-bond donors (Lipinski definition) is 2. The molecule has 0 saturated carbocycles. The minimum Gasteiger partial charge on any atom is -0.387 e. The Hall–Kier alpha value is -1.44. The van der Waals surface area contributed by atoms with Crippen molar-refractivity contribution in [3.63, 3.8) is 0 Å². The Labute approximate surface area is 580 Å². The van der Waals surface area contributed by atoms with Gasteiger partial charge in [0.25, 0.3) is 0 Å². The molecule has 99 heavy (non-hydrogen) atoms. The quantitative estimate of drug-likeness (QED) is 0.0638. The third kappa shape index (κ3) is 19.3. The van der Waals surface area contributed by atoms with Gasteiger partial charge in [0.1, 0.15) is 171 Å². The SMILES string of the molecule is COC[C@H]1O[C@H](O[C@H]2[C@H](OC)[C@@H](OC)[C@@H](O[C@H]3[C@H](OC)[C@@H](OC)[C@@H](O[C@H]4[C@H](OC)[C@@H](OC)[C@@H](O[C@H]5[C@H](OC)[C@@H](OC)[C@@H](O[C@H]6[C@H](OC)[C@@H](OC)[C@@H](O[C@H]7[C@H](OC)[C@@H](OC)[C@@H](O)O[C@@H]7COC)O[C@@H]6COC)O[C@@H]5COC)O[C@@H]4COC)O[C@@H]3COC)O[C@@H]2COC)[C@H](OC)[C@@H](OC)[C@@H]1O. The van der Waals surface area contributed by atoms with E-state index in [1.807, 2.05) is 0 Å². The van der Waals surface area contributed by atoms with Crippen LogP contribution in [0.1, 0.15) is 0 Å². The summed E-state index contributed by atoms with van der Waals surface area (Å²) < 4.78 is 212. The van der Waals surface area contributed by atoms with Crippen molar-refractivity contribution in [3.05, 3.63) is 0 Å². The first-order valence-corrected chi connectivity index (χ1v) is 32.7. The van der Waals surface area contributed by atoms with Gasteiger partial charge >= 0.3 is 0 Å². The van der Waals surface area contributed by atoms with Gasteiger partial charge in [-0.1, -0.05) is 0 Å². The van der Waals surface area contributed by atoms with E-state index in [2.05, 4.69) is 0 Å². The second-order valence-electron chi connectivity index (χ2n) is 24.4. The summed E-state index contributed by atoms with van der Waals surface area (Å²) in [5.41, 5.74) is 0. The molecule has 7 fully saturated rings. The number of aliphatic hydroxyl groups excluding tert-OH is 2. The van der Waals surface area contributed by atoms with E-state index in [1.165, 1.54) is 149 Å². The minimum atomic E-state index is -1.35. The maximum atomic E-state index is 11.2. The molecule has 36 heteroatoms. The van der Waals surface area contributed by atoms with Crippen molar-refractivity contribution in [1.29, 1.82) is 0 Å². The van der Waals surface area contributed by atoms with E-state index in [-0.39, 0.29) is 46.2 Å². The highest BCUT2D eigenvalue weighted by Gasteiger charge is 2.61. The van der Waals surface area contributed by atoms with Crippen LogP contribution in [0.3, 0.4) is 0 Å². The van der Waals surface area contributed by atoms with E-state index in [0.29, 0.717) is 0 Å². The summed E-state index contributed by atoms with van der Waals surface area (Å²) in [5, 5.41) is 22.0. The van der Waals surface area contributed by atoms with E-state index in [0.717, 1.165) is 0 Å². The molecule has 7 saturated heterocycles. The molecule has 582 valence electrons. The minimum absolute atomic E-state index is 0.0108. The van der Waals surface area contributed by atoms with Crippen molar-refractivity contribution in [3.8, 4) is 0 Å². The zero-order chi connectivity index (χ0) is 72.2. The Bertz CT molecular complexity index is 2190. The number of aliphatic hydroxyl groups is 2. The highest BCUT2D eigenvalue weighted by Crippen LogP contribution is 2.42. The molecular formula is C63H114O36. The maximum absolute atomic E-state index is 11.2. The van der Waals surface area contributed by atoms with Gasteiger partial charge in [0.05, 0.1) is 46.2 Å². The van der Waals surface area contributed by atoms with Crippen LogP contribution < -0.4 is 0 Å². The fourth-order valence-corrected chi connectivity index (χ4v) is 14.5. The fourth-order valence-electron chi connectivity index (χ4n) is 14.5. The average molecular weight is 1450 g/mol. The summed E-state index contributed by atoms with van der Waals surface area (Å²) in [6.45, 7) is -0.125. The van der Waals surface area contributed by atoms with Crippen molar-refractivity contribution in [2.45, 2.75) is 215 Å². The fraction of sp³-hybridized carbons (Fsp3) is 1.00. The molecular weight excluding hydrogens is 1330 g/mol. The molecule has 0 radical (unpaired) electrons.